The van der Waals surface area contributed by atoms with Gasteiger partial charge in [0.2, 0.25) is 0 Å². The Morgan fingerprint density at radius 3 is 2.64 bits per heavy atom. The van der Waals surface area contributed by atoms with Crippen LogP contribution < -0.4 is 33.5 Å². The molecule has 0 fully saturated rings. The van der Waals surface area contributed by atoms with E-state index in [4.69, 9.17) is 34.2 Å². The molecule has 0 aliphatic heterocycles. The van der Waals surface area contributed by atoms with Crippen molar-refractivity contribution in [2.24, 2.45) is 11.5 Å². The van der Waals surface area contributed by atoms with Gasteiger partial charge in [0.05, 0.1) is 16.4 Å². The minimum Gasteiger partial charge on any atom is -0.375 e. The van der Waals surface area contributed by atoms with E-state index in [1.165, 1.54) is 15.9 Å². The van der Waals surface area contributed by atoms with Crippen LogP contribution in [0, 0.1) is 11.2 Å². The fourth-order valence-electron chi connectivity index (χ4n) is 5.46. The molecule has 3 heterocycles. The highest BCUT2D eigenvalue weighted by molar-refractivity contribution is 7.15. The molecule has 5 rings (SSSR count). The van der Waals surface area contributed by atoms with Crippen LogP contribution in [0.25, 0.3) is 28.0 Å². The van der Waals surface area contributed by atoms with Crippen LogP contribution in [0.4, 0.5) is 9.52 Å². The molecule has 248 valence electrons. The third-order valence-corrected chi connectivity index (χ3v) is 9.10. The molecule has 0 unspecified atom stereocenters. The minimum absolute atomic E-state index is 0.0445. The molecule has 47 heavy (non-hydrogen) atoms. The zero-order valence-corrected chi connectivity index (χ0v) is 27.7. The summed E-state index contributed by atoms with van der Waals surface area (Å²) in [7, 11) is 0. The summed E-state index contributed by atoms with van der Waals surface area (Å²) in [5.41, 5.74) is 20.5. The number of aromatic nitrogens is 4. The number of halogens is 2. The Balaban J connectivity index is 1.29. The maximum absolute atomic E-state index is 15.1. The molecule has 0 aliphatic rings. The van der Waals surface area contributed by atoms with E-state index in [0.29, 0.717) is 46.2 Å². The first kappa shape index (κ1) is 34.0. The number of rotatable bonds is 15. The van der Waals surface area contributed by atoms with E-state index in [2.05, 4.69) is 25.6 Å². The summed E-state index contributed by atoms with van der Waals surface area (Å²) in [5.74, 6) is -0.581. The molecular formula is C33H40ClFN10OS. The number of nitrogens with two attached hydrogens (primary N) is 3. The van der Waals surface area contributed by atoms with Crippen molar-refractivity contribution < 1.29 is 4.39 Å². The zero-order valence-electron chi connectivity index (χ0n) is 26.2. The van der Waals surface area contributed by atoms with Crippen LogP contribution in [0.15, 0.2) is 59.7 Å². The number of nitrogens with zero attached hydrogens (tertiary/aromatic N) is 3. The Hall–Kier alpha value is -4.30. The fourth-order valence-corrected chi connectivity index (χ4v) is 6.40. The Bertz CT molecular complexity index is 1880. The lowest BCUT2D eigenvalue weighted by Crippen LogP contribution is -2.36. The average Bonchev–Trinajstić information content (AvgIpc) is 3.64. The number of aryl methyl sites for hydroxylation is 2. The smallest absolute Gasteiger partial charge is 0.354 e. The van der Waals surface area contributed by atoms with Crippen molar-refractivity contribution in [2.45, 2.75) is 64.1 Å². The molecular weight excluding hydrogens is 639 g/mol. The van der Waals surface area contributed by atoms with Crippen molar-refractivity contribution in [1.82, 2.24) is 30.2 Å². The van der Waals surface area contributed by atoms with Crippen molar-refractivity contribution in [3.8, 4) is 16.9 Å². The van der Waals surface area contributed by atoms with Gasteiger partial charge in [0.1, 0.15) is 5.65 Å². The summed E-state index contributed by atoms with van der Waals surface area (Å²) in [6.45, 7) is 3.15. The number of nitrogen functional groups attached to an aromatic ring is 1. The first-order valence-electron chi connectivity index (χ1n) is 15.5. The van der Waals surface area contributed by atoms with E-state index in [9.17, 15) is 4.79 Å². The number of anilines is 1. The van der Waals surface area contributed by atoms with Gasteiger partial charge in [-0.3, -0.25) is 9.98 Å². The highest BCUT2D eigenvalue weighted by atomic mass is 35.5. The SMILES string of the molecule is C[C@H](N)CCCc1cc(Cl)c(F)c(-c2cc3cn(-c4ccc(CN[C@H](CCNC(=N)N)CCc5cnc(N)s5)cc4)c(=O)nc3[nH]2)c1. The number of nitrogens with one attached hydrogen (secondary N) is 4. The van der Waals surface area contributed by atoms with Crippen molar-refractivity contribution in [3.05, 3.63) is 92.2 Å². The molecule has 0 amide bonds. The molecule has 3 aromatic heterocycles. The second kappa shape index (κ2) is 15.5. The van der Waals surface area contributed by atoms with E-state index in [1.807, 2.05) is 37.4 Å². The van der Waals surface area contributed by atoms with E-state index >= 15 is 4.39 Å². The predicted octanol–water partition coefficient (Wildman–Crippen LogP) is 4.85. The maximum atomic E-state index is 15.1. The standard InChI is InChI=1S/C33H40ClFN10OS/c1-19(36)3-2-4-21-13-26(29(35)27(34)14-21)28-15-22-18-45(33(46)44-30(22)43-28)24-8-5-20(6-9-24)16-41-23(11-12-40-31(37)38)7-10-25-17-42-32(39)47-25/h5-6,8-9,13-15,17-19,23,41H,2-4,7,10-12,16,36H2,1H3,(H2,39,42)(H4,37,38,40)(H,43,44,46)/t19-,23-/m0/s1. The second-order valence-corrected chi connectivity index (χ2v) is 13.3. The normalized spacial score (nSPS) is 12.8. The van der Waals surface area contributed by atoms with Gasteiger partial charge >= 0.3 is 5.69 Å². The Labute approximate surface area is 281 Å². The largest absolute Gasteiger partial charge is 0.375 e. The first-order valence-corrected chi connectivity index (χ1v) is 16.7. The maximum Gasteiger partial charge on any atom is 0.354 e. The molecule has 0 saturated heterocycles. The molecule has 2 aromatic carbocycles. The van der Waals surface area contributed by atoms with Gasteiger partial charge < -0.3 is 32.8 Å². The van der Waals surface area contributed by atoms with Crippen LogP contribution in [0.5, 0.6) is 0 Å². The van der Waals surface area contributed by atoms with Crippen LogP contribution in [0.2, 0.25) is 5.02 Å². The van der Waals surface area contributed by atoms with E-state index in [-0.39, 0.29) is 23.1 Å². The molecule has 0 saturated carbocycles. The lowest BCUT2D eigenvalue weighted by molar-refractivity contribution is 0.451. The summed E-state index contributed by atoms with van der Waals surface area (Å²) >= 11 is 7.75. The monoisotopic (exact) mass is 678 g/mol. The number of fused-ring (bicyclic) bond motifs is 1. The number of benzene rings is 2. The molecule has 0 spiro atoms. The number of thiazole rings is 1. The van der Waals surface area contributed by atoms with Gasteiger partial charge in [0.25, 0.3) is 0 Å². The molecule has 11 nitrogen and oxygen atoms in total. The summed E-state index contributed by atoms with van der Waals surface area (Å²) in [6.07, 6.45) is 8.44. The first-order chi connectivity index (χ1) is 22.5. The number of H-pyrrole nitrogens is 1. The average molecular weight is 679 g/mol. The lowest BCUT2D eigenvalue weighted by atomic mass is 10.0. The molecule has 2 atom stereocenters. The van der Waals surface area contributed by atoms with Gasteiger partial charge in [-0.05, 0) is 86.9 Å². The summed E-state index contributed by atoms with van der Waals surface area (Å²) < 4.78 is 16.6. The lowest BCUT2D eigenvalue weighted by Gasteiger charge is -2.19. The van der Waals surface area contributed by atoms with Gasteiger partial charge in [-0.15, -0.1) is 11.3 Å². The van der Waals surface area contributed by atoms with Crippen LogP contribution in [0.3, 0.4) is 0 Å². The van der Waals surface area contributed by atoms with Crippen molar-refractivity contribution in [2.75, 3.05) is 12.3 Å². The number of aromatic amines is 1. The quantitative estimate of drug-likeness (QED) is 0.0604. The van der Waals surface area contributed by atoms with Crippen LogP contribution in [-0.2, 0) is 19.4 Å². The highest BCUT2D eigenvalue weighted by Crippen LogP contribution is 2.31. The van der Waals surface area contributed by atoms with E-state index in [1.54, 1.807) is 24.4 Å². The van der Waals surface area contributed by atoms with Crippen molar-refractivity contribution in [1.29, 1.82) is 5.41 Å². The molecule has 0 aliphatic carbocycles. The molecule has 10 N–H and O–H groups in total. The number of hydrogen-bond donors (Lipinski definition) is 7. The number of guanidine groups is 1. The molecule has 0 radical (unpaired) electrons. The van der Waals surface area contributed by atoms with Crippen molar-refractivity contribution in [3.63, 3.8) is 0 Å². The Morgan fingerprint density at radius 2 is 1.94 bits per heavy atom. The number of hydrogen-bond acceptors (Lipinski definition) is 8. The molecule has 14 heteroatoms. The van der Waals surface area contributed by atoms with Gasteiger partial charge in [-0.25, -0.2) is 14.2 Å². The summed E-state index contributed by atoms with van der Waals surface area (Å²) in [4.78, 5) is 25.6. The third kappa shape index (κ3) is 9.16. The summed E-state index contributed by atoms with van der Waals surface area (Å²) in [6, 6.07) is 13.1. The van der Waals surface area contributed by atoms with E-state index < -0.39 is 11.5 Å². The van der Waals surface area contributed by atoms with Crippen LogP contribution in [-0.4, -0.2) is 44.1 Å². The Morgan fingerprint density at radius 1 is 1.15 bits per heavy atom. The molecule has 0 bridgehead atoms. The molecule has 5 aromatic rings. The van der Waals surface area contributed by atoms with Crippen LogP contribution >= 0.6 is 22.9 Å². The van der Waals surface area contributed by atoms with Gasteiger partial charge in [-0.1, -0.05) is 23.7 Å². The topological polar surface area (TPSA) is 190 Å². The van der Waals surface area contributed by atoms with Crippen LogP contribution in [0.1, 0.15) is 48.6 Å². The third-order valence-electron chi connectivity index (χ3n) is 7.94. The highest BCUT2D eigenvalue weighted by Gasteiger charge is 2.16. The van der Waals surface area contributed by atoms with Gasteiger partial charge in [0.15, 0.2) is 16.9 Å². The Kier molecular flexibility index (Phi) is 11.2. The predicted molar refractivity (Wildman–Crippen MR) is 189 cm³/mol. The zero-order chi connectivity index (χ0) is 33.5. The van der Waals surface area contributed by atoms with Crippen molar-refractivity contribution >= 4 is 45.1 Å². The fraction of sp³-hybridized carbons (Fsp3) is 0.333. The minimum atomic E-state index is -0.529. The van der Waals surface area contributed by atoms with Gasteiger partial charge in [-0.2, -0.15) is 4.98 Å². The van der Waals surface area contributed by atoms with E-state index in [0.717, 1.165) is 54.5 Å². The summed E-state index contributed by atoms with van der Waals surface area (Å²) in [5, 5.41) is 15.2. The second-order valence-electron chi connectivity index (χ2n) is 11.8. The van der Waals surface area contributed by atoms with Gasteiger partial charge in [0, 0.05) is 53.4 Å².